The van der Waals surface area contributed by atoms with E-state index in [1.165, 1.54) is 41.9 Å². The number of nitrogens with one attached hydrogen (secondary N) is 2. The Morgan fingerprint density at radius 1 is 1.06 bits per heavy atom. The number of rotatable bonds is 13. The van der Waals surface area contributed by atoms with Crippen LogP contribution < -0.4 is 15.5 Å². The highest BCUT2D eigenvalue weighted by Gasteiger charge is 2.29. The molecule has 2 amide bonds. The van der Waals surface area contributed by atoms with Crippen LogP contribution in [0.4, 0.5) is 28.6 Å². The summed E-state index contributed by atoms with van der Waals surface area (Å²) in [6, 6.07) is 14.8. The summed E-state index contributed by atoms with van der Waals surface area (Å²) in [6.07, 6.45) is 0.152. The van der Waals surface area contributed by atoms with Crippen molar-refractivity contribution in [3.05, 3.63) is 80.9 Å². The van der Waals surface area contributed by atoms with E-state index in [4.69, 9.17) is 21.3 Å². The van der Waals surface area contributed by atoms with Crippen LogP contribution in [0.5, 0.6) is 0 Å². The van der Waals surface area contributed by atoms with Crippen LogP contribution in [0.3, 0.4) is 0 Å². The number of benzene rings is 3. The van der Waals surface area contributed by atoms with Crippen molar-refractivity contribution in [1.29, 1.82) is 5.26 Å². The molecule has 0 atom stereocenters. The lowest BCUT2D eigenvalue weighted by Crippen LogP contribution is -2.25. The Morgan fingerprint density at radius 3 is 2.33 bits per heavy atom. The van der Waals surface area contributed by atoms with Crippen LogP contribution in [0, 0.1) is 11.3 Å². The Hall–Kier alpha value is -4.71. The minimum atomic E-state index is -4.54. The first kappa shape index (κ1) is 42.0. The largest absolute Gasteiger partial charge is 0.372 e. The highest BCUT2D eigenvalue weighted by molar-refractivity contribution is 9.10. The van der Waals surface area contributed by atoms with Crippen LogP contribution in [0.1, 0.15) is 62.7 Å². The molecule has 16 nitrogen and oxygen atoms in total. The lowest BCUT2D eigenvalue weighted by molar-refractivity contribution is -0.114. The molecule has 286 valence electrons. The molecule has 1 aromatic heterocycles. The van der Waals surface area contributed by atoms with Crippen molar-refractivity contribution in [3.8, 4) is 11.8 Å². The zero-order valence-corrected chi connectivity index (χ0v) is 33.6. The molecule has 0 bridgehead atoms. The number of aromatic nitrogens is 2. The normalized spacial score (nSPS) is 12.1. The summed E-state index contributed by atoms with van der Waals surface area (Å²) in [5.74, 6) is -1.50. The molecule has 20 heteroatoms. The van der Waals surface area contributed by atoms with Crippen LogP contribution in [0.25, 0.3) is 5.69 Å². The maximum absolute atomic E-state index is 12.9. The fourth-order valence-electron chi connectivity index (χ4n) is 5.21. The first-order valence-electron chi connectivity index (χ1n) is 16.1. The third-order valence-corrected chi connectivity index (χ3v) is 10.3. The molecule has 3 aromatic carbocycles. The average molecular weight is 864 g/mol. The number of anilines is 3. The van der Waals surface area contributed by atoms with Gasteiger partial charge in [-0.15, -0.1) is 10.2 Å². The third-order valence-electron chi connectivity index (χ3n) is 7.69. The SMILES string of the molecule is CCN(CCCS(=O)(=O)O)c1cc(Br)c(N=Nc2c(C#N)c(C(C)(C)C)nn2-c2ccc(NC(=O)c3cccc(S(=O)(=O)O)c3)cc2Cl)c(NC(C)=O)c1. The van der Waals surface area contributed by atoms with Crippen molar-refractivity contribution in [2.24, 2.45) is 10.2 Å². The van der Waals surface area contributed by atoms with E-state index < -0.39 is 48.1 Å². The second-order valence-electron chi connectivity index (χ2n) is 12.9. The van der Waals surface area contributed by atoms with Crippen LogP contribution >= 0.6 is 27.5 Å². The standard InChI is InChI=1S/C34H36BrClN8O8S2/c1-6-43(13-8-14-53(47,48)49)23-17-26(35)30(28(18-23)38-20(2)45)40-41-32-25(19-37)31(34(3,4)5)42-44(32)29-12-11-22(16-27(29)36)39-33(46)21-9-7-10-24(15-21)54(50,51)52/h7,9-12,15-18H,6,8,13-14H2,1-5H3,(H,38,45)(H,39,46)(H,47,48,49)(H,50,51,52). The molecule has 4 rings (SSSR count). The minimum Gasteiger partial charge on any atom is -0.372 e. The first-order chi connectivity index (χ1) is 25.1. The number of nitriles is 1. The predicted octanol–water partition coefficient (Wildman–Crippen LogP) is 7.43. The molecular formula is C34H36BrClN8O8S2. The summed E-state index contributed by atoms with van der Waals surface area (Å²) in [6.45, 7) is 9.52. The van der Waals surface area contributed by atoms with Crippen molar-refractivity contribution in [1.82, 2.24) is 9.78 Å². The molecule has 0 unspecified atom stereocenters. The molecule has 4 N–H and O–H groups in total. The number of hydrogen-bond acceptors (Lipinski definition) is 11. The van der Waals surface area contributed by atoms with E-state index in [-0.39, 0.29) is 57.7 Å². The average Bonchev–Trinajstić information content (AvgIpc) is 3.44. The fourth-order valence-corrected chi connectivity index (χ4v) is 7.02. The molecule has 0 radical (unpaired) electrons. The van der Waals surface area contributed by atoms with Crippen molar-refractivity contribution in [3.63, 3.8) is 0 Å². The topological polar surface area (TPSA) is 237 Å². The molecule has 0 spiro atoms. The van der Waals surface area contributed by atoms with E-state index in [2.05, 4.69) is 42.9 Å². The summed E-state index contributed by atoms with van der Waals surface area (Å²) in [5.41, 5.74) is 1.37. The van der Waals surface area contributed by atoms with Gasteiger partial charge >= 0.3 is 0 Å². The third kappa shape index (κ3) is 10.5. The number of carbonyl (C=O) groups excluding carboxylic acids is 2. The van der Waals surface area contributed by atoms with Gasteiger partial charge in [-0.1, -0.05) is 38.4 Å². The Morgan fingerprint density at radius 2 is 1.76 bits per heavy atom. The summed E-state index contributed by atoms with van der Waals surface area (Å²) in [4.78, 5) is 26.6. The van der Waals surface area contributed by atoms with Crippen molar-refractivity contribution in [2.75, 3.05) is 34.4 Å². The van der Waals surface area contributed by atoms with Gasteiger partial charge in [0.05, 0.1) is 32.7 Å². The van der Waals surface area contributed by atoms with E-state index >= 15 is 0 Å². The van der Waals surface area contributed by atoms with Gasteiger partial charge in [-0.05, 0) is 77.8 Å². The van der Waals surface area contributed by atoms with Crippen molar-refractivity contribution in [2.45, 2.75) is 51.3 Å². The Labute approximate surface area is 325 Å². The lowest BCUT2D eigenvalue weighted by atomic mass is 9.90. The van der Waals surface area contributed by atoms with Gasteiger partial charge < -0.3 is 15.5 Å². The summed E-state index contributed by atoms with van der Waals surface area (Å²) in [7, 11) is -8.68. The second kappa shape index (κ2) is 16.8. The number of amides is 2. The van der Waals surface area contributed by atoms with E-state index in [1.54, 1.807) is 12.1 Å². The molecule has 0 fully saturated rings. The molecule has 0 aliphatic carbocycles. The predicted molar refractivity (Wildman–Crippen MR) is 208 cm³/mol. The number of carbonyl (C=O) groups is 2. The van der Waals surface area contributed by atoms with Gasteiger partial charge in [0.25, 0.3) is 26.1 Å². The molecular weight excluding hydrogens is 828 g/mol. The molecule has 0 saturated heterocycles. The maximum Gasteiger partial charge on any atom is 0.294 e. The van der Waals surface area contributed by atoms with Gasteiger partial charge in [-0.3, -0.25) is 18.7 Å². The Balaban J connectivity index is 1.77. The monoisotopic (exact) mass is 862 g/mol. The van der Waals surface area contributed by atoms with Crippen LogP contribution in [-0.4, -0.2) is 66.4 Å². The number of hydrogen-bond donors (Lipinski definition) is 4. The minimum absolute atomic E-state index is 0.00767. The molecule has 1 heterocycles. The summed E-state index contributed by atoms with van der Waals surface area (Å²) < 4.78 is 65.9. The van der Waals surface area contributed by atoms with Gasteiger partial charge in [0.15, 0.2) is 5.82 Å². The lowest BCUT2D eigenvalue weighted by Gasteiger charge is -2.24. The quantitative estimate of drug-likeness (QED) is 0.0761. The molecule has 4 aromatic rings. The zero-order valence-electron chi connectivity index (χ0n) is 29.6. The highest BCUT2D eigenvalue weighted by atomic mass is 79.9. The first-order valence-corrected chi connectivity index (χ1v) is 20.3. The number of halogens is 2. The van der Waals surface area contributed by atoms with Gasteiger partial charge in [0.2, 0.25) is 5.91 Å². The van der Waals surface area contributed by atoms with Crippen molar-refractivity contribution >= 4 is 88.1 Å². The summed E-state index contributed by atoms with van der Waals surface area (Å²) >= 11 is 10.2. The smallest absolute Gasteiger partial charge is 0.294 e. The zero-order chi connectivity index (χ0) is 40.2. The number of nitrogens with zero attached hydrogens (tertiary/aromatic N) is 6. The van der Waals surface area contributed by atoms with Crippen LogP contribution in [0.15, 0.2) is 74.2 Å². The van der Waals surface area contributed by atoms with Crippen molar-refractivity contribution < 1.29 is 35.5 Å². The van der Waals surface area contributed by atoms with E-state index in [0.717, 1.165) is 12.1 Å². The summed E-state index contributed by atoms with van der Waals surface area (Å²) in [5, 5.41) is 29.4. The molecule has 0 saturated carbocycles. The van der Waals surface area contributed by atoms with E-state index in [1.807, 2.05) is 32.6 Å². The Bertz CT molecular complexity index is 2410. The highest BCUT2D eigenvalue weighted by Crippen LogP contribution is 2.41. The van der Waals surface area contributed by atoms with E-state index in [0.29, 0.717) is 22.4 Å². The molecule has 0 aliphatic heterocycles. The van der Waals surface area contributed by atoms with Gasteiger partial charge in [-0.25, -0.2) is 4.68 Å². The molecule has 54 heavy (non-hydrogen) atoms. The van der Waals surface area contributed by atoms with Gasteiger partial charge in [-0.2, -0.15) is 27.2 Å². The second-order valence-corrected chi connectivity index (χ2v) is 17.1. The fraction of sp³-hybridized carbons (Fsp3) is 0.294. The van der Waals surface area contributed by atoms with Gasteiger partial charge in [0.1, 0.15) is 17.3 Å². The van der Waals surface area contributed by atoms with Crippen LogP contribution in [0.2, 0.25) is 5.02 Å². The Kier molecular flexibility index (Phi) is 13.0. The number of azo groups is 1. The van der Waals surface area contributed by atoms with Crippen LogP contribution in [-0.2, 0) is 30.4 Å². The maximum atomic E-state index is 12.9. The van der Waals surface area contributed by atoms with E-state index in [9.17, 15) is 36.2 Å². The molecule has 0 aliphatic rings. The van der Waals surface area contributed by atoms with Gasteiger partial charge in [0, 0.05) is 46.8 Å².